The molecule has 0 aliphatic carbocycles. The highest BCUT2D eigenvalue weighted by Gasteiger charge is 2.59. The van der Waals surface area contributed by atoms with Gasteiger partial charge in [-0.15, -0.1) is 0 Å². The Morgan fingerprint density at radius 3 is 2.03 bits per heavy atom. The van der Waals surface area contributed by atoms with Crippen LogP contribution in [0.2, 0.25) is 0 Å². The summed E-state index contributed by atoms with van der Waals surface area (Å²) in [6, 6.07) is 21.5. The Labute approximate surface area is 201 Å². The third-order valence-electron chi connectivity index (χ3n) is 5.97. The molecule has 2 heterocycles. The number of imide groups is 1. The summed E-state index contributed by atoms with van der Waals surface area (Å²) in [5.74, 6) is -1.92. The van der Waals surface area contributed by atoms with Gasteiger partial charge in [0.15, 0.2) is 0 Å². The zero-order valence-electron chi connectivity index (χ0n) is 19.0. The summed E-state index contributed by atoms with van der Waals surface area (Å²) in [7, 11) is 2.97. The number of hydrogen-bond donors (Lipinski definition) is 1. The minimum atomic E-state index is -1.11. The fourth-order valence-corrected chi connectivity index (χ4v) is 4.39. The normalized spacial score (nSPS) is 18.9. The number of benzene rings is 3. The maximum absolute atomic E-state index is 13.7. The lowest BCUT2D eigenvalue weighted by Crippen LogP contribution is -2.39. The molecule has 176 valence electrons. The zero-order chi connectivity index (χ0) is 24.5. The van der Waals surface area contributed by atoms with Gasteiger partial charge in [-0.1, -0.05) is 42.5 Å². The molecule has 1 fully saturated rings. The van der Waals surface area contributed by atoms with Gasteiger partial charge in [-0.3, -0.25) is 14.4 Å². The maximum Gasteiger partial charge on any atom is 0.272 e. The Hall–Kier alpha value is -4.66. The molecule has 3 aromatic rings. The van der Waals surface area contributed by atoms with Crippen molar-refractivity contribution < 1.29 is 23.9 Å². The number of nitrogens with zero attached hydrogens (tertiary/aromatic N) is 3. The second-order valence-electron chi connectivity index (χ2n) is 7.93. The van der Waals surface area contributed by atoms with Crippen LogP contribution in [0.4, 0.5) is 17.1 Å². The average molecular weight is 470 g/mol. The van der Waals surface area contributed by atoms with Crippen LogP contribution in [0.1, 0.15) is 0 Å². The number of ether oxygens (including phenoxy) is 2. The van der Waals surface area contributed by atoms with E-state index in [0.717, 1.165) is 4.90 Å². The van der Waals surface area contributed by atoms with Crippen LogP contribution in [0, 0.1) is 5.92 Å². The molecule has 1 saturated heterocycles. The minimum absolute atomic E-state index is 0.0551. The Balaban J connectivity index is 1.60. The molecule has 0 unspecified atom stereocenters. The predicted octanol–water partition coefficient (Wildman–Crippen LogP) is 3.08. The van der Waals surface area contributed by atoms with Crippen molar-refractivity contribution in [3.63, 3.8) is 0 Å². The predicted molar refractivity (Wildman–Crippen MR) is 131 cm³/mol. The molecule has 5 rings (SSSR count). The third-order valence-corrected chi connectivity index (χ3v) is 5.97. The van der Waals surface area contributed by atoms with Gasteiger partial charge < -0.3 is 14.8 Å². The molecule has 9 heteroatoms. The molecule has 0 radical (unpaired) electrons. The van der Waals surface area contributed by atoms with Crippen molar-refractivity contribution in [1.29, 1.82) is 0 Å². The number of nitrogens with one attached hydrogen (secondary N) is 1. The van der Waals surface area contributed by atoms with E-state index in [4.69, 9.17) is 9.47 Å². The number of fused-ring (bicyclic) bond motifs is 1. The molecule has 2 aliphatic heterocycles. The van der Waals surface area contributed by atoms with Crippen LogP contribution in [0.15, 0.2) is 84.0 Å². The van der Waals surface area contributed by atoms with E-state index in [2.05, 4.69) is 10.4 Å². The summed E-state index contributed by atoms with van der Waals surface area (Å²) in [6.07, 6.45) is 0. The summed E-state index contributed by atoms with van der Waals surface area (Å²) in [4.78, 5) is 41.8. The first-order valence-corrected chi connectivity index (χ1v) is 10.9. The quantitative estimate of drug-likeness (QED) is 0.556. The summed E-state index contributed by atoms with van der Waals surface area (Å²) in [6.45, 7) is 0. The fraction of sp³-hybridized carbons (Fsp3) is 0.154. The Morgan fingerprint density at radius 2 is 1.37 bits per heavy atom. The fourth-order valence-electron chi connectivity index (χ4n) is 4.39. The molecule has 0 bridgehead atoms. The number of hydrazone groups is 1. The van der Waals surface area contributed by atoms with Crippen molar-refractivity contribution >= 4 is 40.5 Å². The molecule has 1 N–H and O–H groups in total. The van der Waals surface area contributed by atoms with E-state index in [1.807, 2.05) is 6.07 Å². The van der Waals surface area contributed by atoms with E-state index >= 15 is 0 Å². The van der Waals surface area contributed by atoms with Gasteiger partial charge in [-0.05, 0) is 36.4 Å². The SMILES string of the molecule is COc1ccccc1N1C(=O)[C@@H]2C(C(=O)Nc3ccccc3)=NN(c3ccccc3OC)[C@@H]2C1=O. The maximum atomic E-state index is 13.7. The van der Waals surface area contributed by atoms with E-state index in [1.54, 1.807) is 72.8 Å². The monoisotopic (exact) mass is 470 g/mol. The molecule has 35 heavy (non-hydrogen) atoms. The molecule has 9 nitrogen and oxygen atoms in total. The van der Waals surface area contributed by atoms with Crippen molar-refractivity contribution in [2.24, 2.45) is 11.0 Å². The van der Waals surface area contributed by atoms with E-state index < -0.39 is 29.7 Å². The molecule has 0 saturated carbocycles. The molecular weight excluding hydrogens is 448 g/mol. The van der Waals surface area contributed by atoms with Crippen molar-refractivity contribution in [2.45, 2.75) is 6.04 Å². The standard InChI is InChI=1S/C26H22N4O5/c1-34-19-14-8-6-12-17(19)29-25(32)21-22(24(31)27-16-10-4-3-5-11-16)28-30(23(21)26(29)33)18-13-7-9-15-20(18)35-2/h3-15,21,23H,1-2H3,(H,27,31)/t21-,23+/m1/s1. The van der Waals surface area contributed by atoms with Gasteiger partial charge in [0.1, 0.15) is 34.9 Å². The molecule has 0 aromatic heterocycles. The van der Waals surface area contributed by atoms with Crippen molar-refractivity contribution in [2.75, 3.05) is 29.4 Å². The first kappa shape index (κ1) is 22.1. The number of methoxy groups -OCH3 is 2. The van der Waals surface area contributed by atoms with Crippen LogP contribution >= 0.6 is 0 Å². The van der Waals surface area contributed by atoms with E-state index in [1.165, 1.54) is 19.2 Å². The van der Waals surface area contributed by atoms with Gasteiger partial charge in [-0.25, -0.2) is 9.91 Å². The van der Waals surface area contributed by atoms with Gasteiger partial charge in [0.25, 0.3) is 11.8 Å². The summed E-state index contributed by atoms with van der Waals surface area (Å²) < 4.78 is 10.9. The lowest BCUT2D eigenvalue weighted by atomic mass is 9.97. The van der Waals surface area contributed by atoms with Gasteiger partial charge in [0.05, 0.1) is 19.9 Å². The van der Waals surface area contributed by atoms with Crippen LogP contribution < -0.4 is 24.7 Å². The summed E-state index contributed by atoms with van der Waals surface area (Å²) >= 11 is 0. The average Bonchev–Trinajstić information content (AvgIpc) is 3.41. The molecule has 2 atom stereocenters. The first-order valence-electron chi connectivity index (χ1n) is 10.9. The largest absolute Gasteiger partial charge is 0.495 e. The molecule has 0 spiro atoms. The number of anilines is 3. The van der Waals surface area contributed by atoms with Gasteiger partial charge in [0.2, 0.25) is 5.91 Å². The van der Waals surface area contributed by atoms with Crippen molar-refractivity contribution in [1.82, 2.24) is 0 Å². The van der Waals surface area contributed by atoms with Gasteiger partial charge in [-0.2, -0.15) is 5.10 Å². The lowest BCUT2D eigenvalue weighted by molar-refractivity contribution is -0.122. The number of carbonyl (C=O) groups is 3. The topological polar surface area (TPSA) is 101 Å². The van der Waals surface area contributed by atoms with Crippen LogP contribution in [0.25, 0.3) is 0 Å². The van der Waals surface area contributed by atoms with Crippen LogP contribution in [0.5, 0.6) is 11.5 Å². The third kappa shape index (κ3) is 3.67. The van der Waals surface area contributed by atoms with Gasteiger partial charge >= 0.3 is 0 Å². The highest BCUT2D eigenvalue weighted by atomic mass is 16.5. The van der Waals surface area contributed by atoms with Gasteiger partial charge in [0, 0.05) is 5.69 Å². The van der Waals surface area contributed by atoms with Crippen molar-refractivity contribution in [3.8, 4) is 11.5 Å². The molecule has 3 amide bonds. The number of rotatable bonds is 6. The minimum Gasteiger partial charge on any atom is -0.495 e. The van der Waals surface area contributed by atoms with Crippen LogP contribution in [0.3, 0.4) is 0 Å². The van der Waals surface area contributed by atoms with Crippen molar-refractivity contribution in [3.05, 3.63) is 78.9 Å². The van der Waals surface area contributed by atoms with Crippen LogP contribution in [-0.2, 0) is 14.4 Å². The second-order valence-corrected chi connectivity index (χ2v) is 7.93. The highest BCUT2D eigenvalue weighted by molar-refractivity contribution is 6.51. The zero-order valence-corrected chi connectivity index (χ0v) is 19.0. The second kappa shape index (κ2) is 8.94. The summed E-state index contributed by atoms with van der Waals surface area (Å²) in [5, 5.41) is 8.65. The Bertz CT molecular complexity index is 1340. The van der Waals surface area contributed by atoms with E-state index in [9.17, 15) is 14.4 Å². The lowest BCUT2D eigenvalue weighted by Gasteiger charge is -2.24. The number of para-hydroxylation sites is 5. The van der Waals surface area contributed by atoms with E-state index in [0.29, 0.717) is 28.6 Å². The molecular formula is C26H22N4O5. The first-order chi connectivity index (χ1) is 17.0. The smallest absolute Gasteiger partial charge is 0.272 e. The number of hydrogen-bond acceptors (Lipinski definition) is 7. The number of amides is 3. The van der Waals surface area contributed by atoms with E-state index in [-0.39, 0.29) is 5.71 Å². The molecule has 3 aromatic carbocycles. The Kier molecular flexibility index (Phi) is 5.66. The molecule has 2 aliphatic rings. The van der Waals surface area contributed by atoms with Crippen LogP contribution in [-0.4, -0.2) is 43.7 Å². The highest BCUT2D eigenvalue weighted by Crippen LogP contribution is 2.42. The summed E-state index contributed by atoms with van der Waals surface area (Å²) in [5.41, 5.74) is 1.27. The Morgan fingerprint density at radius 1 is 0.800 bits per heavy atom. The number of carbonyl (C=O) groups excluding carboxylic acids is 3.